The molecule has 4 aromatic rings. The van der Waals surface area contributed by atoms with Crippen LogP contribution in [0.15, 0.2) is 36.7 Å². The predicted octanol–water partition coefficient (Wildman–Crippen LogP) is 1.21. The van der Waals surface area contributed by atoms with Gasteiger partial charge in [-0.25, -0.2) is 4.98 Å². The van der Waals surface area contributed by atoms with Crippen molar-refractivity contribution in [2.45, 2.75) is 34.6 Å². The second-order valence-corrected chi connectivity index (χ2v) is 8.16. The van der Waals surface area contributed by atoms with Crippen LogP contribution in [0.4, 0.5) is 0 Å². The highest BCUT2D eigenvalue weighted by atomic mass is 79.9. The molecule has 0 bridgehead atoms. The van der Waals surface area contributed by atoms with Crippen LogP contribution in [-0.2, 0) is 4.79 Å². The summed E-state index contributed by atoms with van der Waals surface area (Å²) in [6, 6.07) is 7.59. The number of carbonyl (C=O) groups is 1. The fourth-order valence-electron chi connectivity index (χ4n) is 3.42. The molecule has 0 atom stereocenters. The number of aromatic amines is 2. The summed E-state index contributed by atoms with van der Waals surface area (Å²) in [7, 11) is 0. The number of nitrogens with one attached hydrogen (secondary N) is 2. The van der Waals surface area contributed by atoms with E-state index in [2.05, 4.69) is 29.9 Å². The van der Waals surface area contributed by atoms with E-state index in [1.54, 1.807) is 26.8 Å². The topological polar surface area (TPSA) is 87.5 Å². The van der Waals surface area contributed by atoms with Crippen molar-refractivity contribution >= 4 is 38.4 Å². The number of fused-ring (bicyclic) bond motifs is 4. The highest BCUT2D eigenvalue weighted by molar-refractivity contribution is 6.16. The van der Waals surface area contributed by atoms with Gasteiger partial charge >= 0.3 is 0 Å². The molecule has 4 N–H and O–H groups in total. The second-order valence-electron chi connectivity index (χ2n) is 8.16. The molecule has 0 spiro atoms. The van der Waals surface area contributed by atoms with E-state index in [0.29, 0.717) is 5.75 Å². The smallest absolute Gasteiger partial charge is 0.175 e. The molecule has 29 heavy (non-hydrogen) atoms. The number of carbonyl (C=O) groups excluding carboxylic acids is 1. The molecule has 0 fully saturated rings. The van der Waals surface area contributed by atoms with Gasteiger partial charge in [-0.1, -0.05) is 20.8 Å². The average molecular weight is 459 g/mol. The number of Topliss-reactive ketones (excluding diaryl/α,β-unsaturated/α-hetero) is 1. The van der Waals surface area contributed by atoms with Gasteiger partial charge in [0.1, 0.15) is 12.4 Å². The normalized spacial score (nSPS) is 11.2. The quantitative estimate of drug-likeness (QED) is 0.400. The highest BCUT2D eigenvalue weighted by Gasteiger charge is 2.19. The third-order valence-electron chi connectivity index (χ3n) is 5.18. The van der Waals surface area contributed by atoms with Crippen LogP contribution in [-0.4, -0.2) is 27.6 Å². The minimum absolute atomic E-state index is 0. The van der Waals surface area contributed by atoms with E-state index in [4.69, 9.17) is 5.11 Å². The number of ketones is 1. The minimum Gasteiger partial charge on any atom is -1.00 e. The van der Waals surface area contributed by atoms with E-state index in [-0.39, 0.29) is 34.8 Å². The predicted molar refractivity (Wildman–Crippen MR) is 113 cm³/mol. The average Bonchev–Trinajstić information content (AvgIpc) is 3.04. The van der Waals surface area contributed by atoms with Crippen molar-refractivity contribution in [1.29, 1.82) is 0 Å². The molecule has 2 heterocycles. The van der Waals surface area contributed by atoms with Crippen molar-refractivity contribution in [1.82, 2.24) is 4.98 Å². The summed E-state index contributed by atoms with van der Waals surface area (Å²) >= 11 is 0. The van der Waals surface area contributed by atoms with Gasteiger partial charge in [0.15, 0.2) is 18.2 Å². The molecule has 0 saturated heterocycles. The Kier molecular flexibility index (Phi) is 6.71. The molecular weight excluding hydrogens is 432 g/mol. The number of halogens is 1. The lowest BCUT2D eigenvalue weighted by Gasteiger charge is -2.13. The molecule has 0 aliphatic heterocycles. The number of benzene rings is 2. The summed E-state index contributed by atoms with van der Waals surface area (Å²) in [4.78, 5) is 17.2. The molecule has 0 amide bonds. The zero-order valence-corrected chi connectivity index (χ0v) is 18.9. The maximum absolute atomic E-state index is 10.6. The molecule has 5 nitrogen and oxygen atoms in total. The molecule has 154 valence electrons. The van der Waals surface area contributed by atoms with Crippen LogP contribution < -0.4 is 22.0 Å². The summed E-state index contributed by atoms with van der Waals surface area (Å²) in [5.41, 5.74) is 4.30. The number of aliphatic hydroxyl groups is 1. The van der Waals surface area contributed by atoms with Crippen molar-refractivity contribution < 1.29 is 37.0 Å². The highest BCUT2D eigenvalue weighted by Crippen LogP contribution is 2.36. The van der Waals surface area contributed by atoms with Crippen LogP contribution in [0.5, 0.6) is 5.75 Å². The summed E-state index contributed by atoms with van der Waals surface area (Å²) in [6.45, 7) is 9.28. The Balaban J connectivity index is 0.000000289. The molecular formula is C23H27BrN2O3. The van der Waals surface area contributed by atoms with Gasteiger partial charge in [-0.15, -0.1) is 0 Å². The number of hydrogen-bond donors (Lipinski definition) is 3. The Morgan fingerprint density at radius 2 is 1.76 bits per heavy atom. The third-order valence-corrected chi connectivity index (χ3v) is 5.18. The molecule has 0 unspecified atom stereocenters. The lowest BCUT2D eigenvalue weighted by atomic mass is 9.91. The monoisotopic (exact) mass is 458 g/mol. The van der Waals surface area contributed by atoms with Crippen molar-refractivity contribution in [2.75, 3.05) is 6.61 Å². The summed E-state index contributed by atoms with van der Waals surface area (Å²) in [5, 5.41) is 22.8. The van der Waals surface area contributed by atoms with Crippen molar-refractivity contribution in [3.05, 3.63) is 47.8 Å². The number of phenols is 1. The Hall–Kier alpha value is -2.44. The fraction of sp³-hybridized carbons (Fsp3) is 0.304. The van der Waals surface area contributed by atoms with Gasteiger partial charge in [0.2, 0.25) is 0 Å². The van der Waals surface area contributed by atoms with Gasteiger partial charge in [-0.3, -0.25) is 4.79 Å². The Morgan fingerprint density at radius 3 is 2.34 bits per heavy atom. The standard InChI is InChI=1S/C17H14N2O.C6H12O2.BrH/c1-9-14-8-18-6-5-12(14)10(2)17-16(9)13-7-11(20)3-4-15(13)19-17;1-6(2,3)5(8)4-7;/h3-8,19-20H,1-2H3;7H,4H2,1-3H3;1H. The van der Waals surface area contributed by atoms with Crippen LogP contribution in [0.1, 0.15) is 31.9 Å². The first-order valence-corrected chi connectivity index (χ1v) is 9.32. The van der Waals surface area contributed by atoms with Crippen molar-refractivity contribution in [2.24, 2.45) is 5.41 Å². The van der Waals surface area contributed by atoms with E-state index in [1.807, 2.05) is 24.5 Å². The van der Waals surface area contributed by atoms with Crippen LogP contribution in [0.2, 0.25) is 0 Å². The van der Waals surface area contributed by atoms with Crippen LogP contribution in [0.3, 0.4) is 0 Å². The first-order valence-electron chi connectivity index (χ1n) is 9.32. The molecule has 0 radical (unpaired) electrons. The minimum atomic E-state index is -0.380. The van der Waals surface area contributed by atoms with Gasteiger partial charge in [0.05, 0.1) is 5.52 Å². The van der Waals surface area contributed by atoms with Gasteiger partial charge in [-0.05, 0) is 48.6 Å². The number of aromatic nitrogens is 2. The summed E-state index contributed by atoms with van der Waals surface area (Å²) in [5.74, 6) is 0.188. The maximum atomic E-state index is 10.6. The molecule has 0 aliphatic rings. The number of pyridine rings is 1. The van der Waals surface area contributed by atoms with Crippen LogP contribution in [0, 0.1) is 19.3 Å². The van der Waals surface area contributed by atoms with E-state index >= 15 is 0 Å². The number of phenolic OH excluding ortho intramolecular Hbond substituents is 1. The number of aromatic hydroxyl groups is 1. The van der Waals surface area contributed by atoms with E-state index < -0.39 is 0 Å². The first-order chi connectivity index (χ1) is 13.1. The number of aliphatic hydroxyl groups excluding tert-OH is 1. The second kappa shape index (κ2) is 8.51. The number of H-pyrrole nitrogens is 2. The SMILES string of the molecule is CC(C)(C)C(=O)CO.Cc1c2cc[nH+]cc2c(C)c2c1[nH]c1ccc(O)cc12.[Br-]. The maximum Gasteiger partial charge on any atom is 0.175 e. The molecule has 2 aromatic heterocycles. The zero-order valence-electron chi connectivity index (χ0n) is 17.4. The molecule has 2 aromatic carbocycles. The lowest BCUT2D eigenvalue weighted by molar-refractivity contribution is -0.375. The molecule has 0 saturated carbocycles. The molecule has 0 aliphatic carbocycles. The van der Waals surface area contributed by atoms with Crippen LogP contribution >= 0.6 is 0 Å². The van der Waals surface area contributed by atoms with Gasteiger partial charge in [0, 0.05) is 33.2 Å². The lowest BCUT2D eigenvalue weighted by Crippen LogP contribution is -3.00. The van der Waals surface area contributed by atoms with Gasteiger partial charge in [-0.2, -0.15) is 0 Å². The van der Waals surface area contributed by atoms with E-state index in [1.165, 1.54) is 27.3 Å². The van der Waals surface area contributed by atoms with Crippen molar-refractivity contribution in [3.8, 4) is 5.75 Å². The Morgan fingerprint density at radius 1 is 1.07 bits per heavy atom. The van der Waals surface area contributed by atoms with Crippen molar-refractivity contribution in [3.63, 3.8) is 0 Å². The van der Waals surface area contributed by atoms with Gasteiger partial charge < -0.3 is 32.2 Å². The zero-order chi connectivity index (χ0) is 20.6. The molecule has 6 heteroatoms. The van der Waals surface area contributed by atoms with E-state index in [9.17, 15) is 9.90 Å². The third kappa shape index (κ3) is 4.28. The molecule has 4 rings (SSSR count). The first kappa shape index (κ1) is 22.8. The fourth-order valence-corrected chi connectivity index (χ4v) is 3.42. The number of rotatable bonds is 1. The number of hydrogen-bond acceptors (Lipinski definition) is 3. The summed E-state index contributed by atoms with van der Waals surface area (Å²) in [6.07, 6.45) is 3.99. The largest absolute Gasteiger partial charge is 1.00 e. The Bertz CT molecular complexity index is 1190. The van der Waals surface area contributed by atoms with Gasteiger partial charge in [0.25, 0.3) is 0 Å². The number of aryl methyl sites for hydroxylation is 2. The van der Waals surface area contributed by atoms with Crippen LogP contribution in [0.25, 0.3) is 32.6 Å². The summed E-state index contributed by atoms with van der Waals surface area (Å²) < 4.78 is 0. The Labute approximate surface area is 180 Å². The van der Waals surface area contributed by atoms with E-state index in [0.717, 1.165) is 16.4 Å².